The molecule has 2 N–H and O–H groups in total. The summed E-state index contributed by atoms with van der Waals surface area (Å²) < 4.78 is 10.3. The summed E-state index contributed by atoms with van der Waals surface area (Å²) in [6.45, 7) is 16.6. The minimum atomic E-state index is -0.804. The number of amides is 2. The molecule has 0 saturated carbocycles. The van der Waals surface area contributed by atoms with Gasteiger partial charge in [0.2, 0.25) is 5.91 Å². The van der Waals surface area contributed by atoms with Crippen LogP contribution >= 0.6 is 0 Å². The largest absolute Gasteiger partial charge is 0.460 e. The van der Waals surface area contributed by atoms with E-state index in [4.69, 9.17) is 9.47 Å². The van der Waals surface area contributed by atoms with Crippen molar-refractivity contribution in [2.24, 2.45) is 11.8 Å². The van der Waals surface area contributed by atoms with Crippen LogP contribution in [-0.2, 0) is 19.1 Å². The minimum Gasteiger partial charge on any atom is -0.460 e. The molecule has 0 heterocycles. The maximum Gasteiger partial charge on any atom is 0.408 e. The van der Waals surface area contributed by atoms with Crippen molar-refractivity contribution >= 4 is 18.0 Å². The Morgan fingerprint density at radius 1 is 0.963 bits per heavy atom. The highest BCUT2D eigenvalue weighted by Crippen LogP contribution is 2.11. The van der Waals surface area contributed by atoms with Crippen molar-refractivity contribution in [2.45, 2.75) is 79.0 Å². The summed E-state index contributed by atoms with van der Waals surface area (Å²) in [6.07, 6.45) is 1.65. The lowest BCUT2D eigenvalue weighted by Gasteiger charge is -2.26. The zero-order chi connectivity index (χ0) is 21.2. The van der Waals surface area contributed by atoms with Gasteiger partial charge >= 0.3 is 12.1 Å². The van der Waals surface area contributed by atoms with E-state index in [1.165, 1.54) is 6.08 Å². The van der Waals surface area contributed by atoms with Crippen LogP contribution in [0, 0.1) is 11.8 Å². The first-order valence-corrected chi connectivity index (χ1v) is 9.43. The highest BCUT2D eigenvalue weighted by Gasteiger charge is 2.29. The average molecular weight is 385 g/mol. The lowest BCUT2D eigenvalue weighted by Crippen LogP contribution is -2.53. The standard InChI is InChI=1S/C20H36N2O5/c1-9-10-26-18(24)16(12-14(4)5)21-17(23)15(11-13(2)3)22-19(25)27-20(6,7)8/h9,13-16H,1,10-12H2,2-8H3,(H,21,23)(H,22,25)/t15-,16+/m1/s1. The molecule has 7 nitrogen and oxygen atoms in total. The van der Waals surface area contributed by atoms with Crippen molar-refractivity contribution in [1.82, 2.24) is 10.6 Å². The van der Waals surface area contributed by atoms with E-state index >= 15 is 0 Å². The smallest absolute Gasteiger partial charge is 0.408 e. The maximum atomic E-state index is 12.7. The zero-order valence-corrected chi connectivity index (χ0v) is 17.8. The van der Waals surface area contributed by atoms with Crippen molar-refractivity contribution in [3.05, 3.63) is 12.7 Å². The lowest BCUT2D eigenvalue weighted by molar-refractivity contribution is -0.147. The van der Waals surface area contributed by atoms with Crippen LogP contribution in [0.25, 0.3) is 0 Å². The summed E-state index contributed by atoms with van der Waals surface area (Å²) in [6, 6.07) is -1.59. The van der Waals surface area contributed by atoms with Crippen LogP contribution < -0.4 is 10.6 Å². The molecular formula is C20H36N2O5. The molecule has 2 amide bonds. The number of carbonyl (C=O) groups is 3. The fourth-order valence-electron chi connectivity index (χ4n) is 2.35. The van der Waals surface area contributed by atoms with Crippen molar-refractivity contribution < 1.29 is 23.9 Å². The van der Waals surface area contributed by atoms with Crippen LogP contribution in [-0.4, -0.2) is 42.3 Å². The first-order valence-electron chi connectivity index (χ1n) is 9.43. The summed E-state index contributed by atoms with van der Waals surface area (Å²) >= 11 is 0. The molecule has 0 aliphatic carbocycles. The molecule has 0 aromatic carbocycles. The highest BCUT2D eigenvalue weighted by molar-refractivity contribution is 5.89. The van der Waals surface area contributed by atoms with Gasteiger partial charge in [-0.2, -0.15) is 0 Å². The Morgan fingerprint density at radius 3 is 1.93 bits per heavy atom. The Bertz CT molecular complexity index is 509. The lowest BCUT2D eigenvalue weighted by atomic mass is 10.0. The fraction of sp³-hybridized carbons (Fsp3) is 0.750. The number of hydrogen-bond acceptors (Lipinski definition) is 5. The van der Waals surface area contributed by atoms with E-state index in [2.05, 4.69) is 17.2 Å². The molecule has 0 unspecified atom stereocenters. The molecule has 0 rings (SSSR count). The van der Waals surface area contributed by atoms with Crippen molar-refractivity contribution in [3.8, 4) is 0 Å². The molecule has 0 fully saturated rings. The van der Waals surface area contributed by atoms with Crippen LogP contribution in [0.5, 0.6) is 0 Å². The van der Waals surface area contributed by atoms with Gasteiger partial charge in [-0.3, -0.25) is 4.79 Å². The number of alkyl carbamates (subject to hydrolysis) is 1. The van der Waals surface area contributed by atoms with Gasteiger partial charge in [0.05, 0.1) is 0 Å². The SMILES string of the molecule is C=CCOC(=O)[C@H](CC(C)C)NC(=O)[C@@H](CC(C)C)NC(=O)OC(C)(C)C. The van der Waals surface area contributed by atoms with E-state index < -0.39 is 35.7 Å². The summed E-state index contributed by atoms with van der Waals surface area (Å²) in [5, 5.41) is 5.32. The summed E-state index contributed by atoms with van der Waals surface area (Å²) in [5.41, 5.74) is -0.669. The molecule has 0 aliphatic heterocycles. The van der Waals surface area contributed by atoms with E-state index in [0.717, 1.165) is 0 Å². The first-order chi connectivity index (χ1) is 12.4. The third-order valence-corrected chi connectivity index (χ3v) is 3.37. The quantitative estimate of drug-likeness (QED) is 0.446. The van der Waals surface area contributed by atoms with Gasteiger partial charge in [-0.15, -0.1) is 0 Å². The Balaban J connectivity index is 5.16. The number of rotatable bonds is 10. The van der Waals surface area contributed by atoms with E-state index in [1.54, 1.807) is 20.8 Å². The van der Waals surface area contributed by atoms with Gasteiger partial charge in [-0.1, -0.05) is 40.3 Å². The maximum absolute atomic E-state index is 12.7. The van der Waals surface area contributed by atoms with Gasteiger partial charge in [0.15, 0.2) is 0 Å². The predicted molar refractivity (Wildman–Crippen MR) is 105 cm³/mol. The number of hydrogen-bond donors (Lipinski definition) is 2. The number of nitrogens with one attached hydrogen (secondary N) is 2. The van der Waals surface area contributed by atoms with Crippen molar-refractivity contribution in [3.63, 3.8) is 0 Å². The van der Waals surface area contributed by atoms with Gasteiger partial charge in [0, 0.05) is 0 Å². The second-order valence-corrected chi connectivity index (χ2v) is 8.44. The first kappa shape index (κ1) is 24.9. The third kappa shape index (κ3) is 12.0. The molecule has 7 heteroatoms. The molecule has 0 spiro atoms. The number of esters is 1. The van der Waals surface area contributed by atoms with E-state index in [0.29, 0.717) is 12.8 Å². The average Bonchev–Trinajstić information content (AvgIpc) is 2.48. The molecular weight excluding hydrogens is 348 g/mol. The molecule has 2 atom stereocenters. The van der Waals surface area contributed by atoms with Gasteiger partial charge < -0.3 is 20.1 Å². The van der Waals surface area contributed by atoms with Crippen LogP contribution in [0.2, 0.25) is 0 Å². The van der Waals surface area contributed by atoms with E-state index in [9.17, 15) is 14.4 Å². The molecule has 0 aromatic rings. The normalized spacial score (nSPS) is 13.7. The van der Waals surface area contributed by atoms with Crippen LogP contribution in [0.15, 0.2) is 12.7 Å². The van der Waals surface area contributed by atoms with E-state index in [1.807, 2.05) is 27.7 Å². The molecule has 156 valence electrons. The fourth-order valence-corrected chi connectivity index (χ4v) is 2.35. The molecule has 0 aliphatic rings. The van der Waals surface area contributed by atoms with E-state index in [-0.39, 0.29) is 18.4 Å². The van der Waals surface area contributed by atoms with Gasteiger partial charge in [-0.25, -0.2) is 9.59 Å². The molecule has 0 aromatic heterocycles. The molecule has 0 saturated heterocycles. The van der Waals surface area contributed by atoms with Gasteiger partial charge in [0.1, 0.15) is 24.3 Å². The summed E-state index contributed by atoms with van der Waals surface area (Å²) in [5.74, 6) is -0.617. The second kappa shape index (κ2) is 11.6. The molecule has 27 heavy (non-hydrogen) atoms. The highest BCUT2D eigenvalue weighted by atomic mass is 16.6. The predicted octanol–water partition coefficient (Wildman–Crippen LogP) is 3.19. The van der Waals surface area contributed by atoms with Crippen molar-refractivity contribution in [1.29, 1.82) is 0 Å². The second-order valence-electron chi connectivity index (χ2n) is 8.44. The van der Waals surface area contributed by atoms with Gasteiger partial charge in [0.25, 0.3) is 0 Å². The Labute approximate surface area is 163 Å². The van der Waals surface area contributed by atoms with Gasteiger partial charge in [-0.05, 0) is 45.4 Å². The Hall–Kier alpha value is -2.05. The summed E-state index contributed by atoms with van der Waals surface area (Å²) in [7, 11) is 0. The zero-order valence-electron chi connectivity index (χ0n) is 17.8. The number of ether oxygens (including phenoxy) is 2. The minimum absolute atomic E-state index is 0.0783. The Morgan fingerprint density at radius 2 is 1.48 bits per heavy atom. The third-order valence-electron chi connectivity index (χ3n) is 3.37. The monoisotopic (exact) mass is 384 g/mol. The molecule has 0 radical (unpaired) electrons. The van der Waals surface area contributed by atoms with Crippen molar-refractivity contribution in [2.75, 3.05) is 6.61 Å². The van der Waals surface area contributed by atoms with Crippen LogP contribution in [0.3, 0.4) is 0 Å². The molecule has 0 bridgehead atoms. The Kier molecular flexibility index (Phi) is 10.7. The summed E-state index contributed by atoms with van der Waals surface area (Å²) in [4.78, 5) is 37.0. The number of carbonyl (C=O) groups excluding carboxylic acids is 3. The van der Waals surface area contributed by atoms with Crippen LogP contribution in [0.1, 0.15) is 61.3 Å². The van der Waals surface area contributed by atoms with Crippen LogP contribution in [0.4, 0.5) is 4.79 Å². The topological polar surface area (TPSA) is 93.7 Å².